The largest absolute Gasteiger partial charge is 0.497 e. The topological polar surface area (TPSA) is 61.0 Å². The van der Waals surface area contributed by atoms with Crippen molar-refractivity contribution in [1.29, 1.82) is 0 Å². The minimum atomic E-state index is 0.444. The molecule has 4 aromatic rings. The standard InChI is InChI=1S/C25H24N2O4/c1-28-23-11-6-21(7-12-23)26-30-17-18-3-4-20-16-25(10-5-19(20)15-18)31-27-22-8-13-24(29-2)14-9-22/h3-16,26-27H,17H2,1-2H3. The van der Waals surface area contributed by atoms with Gasteiger partial charge in [-0.2, -0.15) is 0 Å². The zero-order valence-corrected chi connectivity index (χ0v) is 17.4. The first-order valence-corrected chi connectivity index (χ1v) is 9.85. The normalized spacial score (nSPS) is 10.5. The predicted octanol–water partition coefficient (Wildman–Crippen LogP) is 5.81. The van der Waals surface area contributed by atoms with Crippen LogP contribution in [-0.4, -0.2) is 14.2 Å². The van der Waals surface area contributed by atoms with E-state index < -0.39 is 0 Å². The van der Waals surface area contributed by atoms with Crippen LogP contribution in [-0.2, 0) is 11.4 Å². The zero-order chi connectivity index (χ0) is 21.5. The van der Waals surface area contributed by atoms with Crippen LogP contribution in [0.15, 0.2) is 84.9 Å². The van der Waals surface area contributed by atoms with E-state index in [0.717, 1.165) is 45.0 Å². The van der Waals surface area contributed by atoms with Crippen molar-refractivity contribution in [3.05, 3.63) is 90.5 Å². The van der Waals surface area contributed by atoms with Gasteiger partial charge in [-0.05, 0) is 83.1 Å². The summed E-state index contributed by atoms with van der Waals surface area (Å²) in [5.41, 5.74) is 8.68. The minimum Gasteiger partial charge on any atom is -0.497 e. The van der Waals surface area contributed by atoms with Crippen molar-refractivity contribution in [2.24, 2.45) is 0 Å². The van der Waals surface area contributed by atoms with E-state index in [4.69, 9.17) is 19.1 Å². The smallest absolute Gasteiger partial charge is 0.155 e. The molecule has 0 radical (unpaired) electrons. The summed E-state index contributed by atoms with van der Waals surface area (Å²) in [6.45, 7) is 0.444. The summed E-state index contributed by atoms with van der Waals surface area (Å²) in [4.78, 5) is 11.3. The quantitative estimate of drug-likeness (QED) is 0.336. The van der Waals surface area contributed by atoms with Crippen LogP contribution in [0, 0.1) is 0 Å². The Morgan fingerprint density at radius 3 is 1.77 bits per heavy atom. The lowest BCUT2D eigenvalue weighted by atomic mass is 10.1. The van der Waals surface area contributed by atoms with Gasteiger partial charge in [0.05, 0.1) is 32.2 Å². The first-order chi connectivity index (χ1) is 15.2. The fourth-order valence-corrected chi connectivity index (χ4v) is 3.07. The highest BCUT2D eigenvalue weighted by atomic mass is 16.6. The van der Waals surface area contributed by atoms with Gasteiger partial charge < -0.3 is 14.3 Å². The van der Waals surface area contributed by atoms with Crippen LogP contribution < -0.4 is 25.3 Å². The summed E-state index contributed by atoms with van der Waals surface area (Å²) in [6, 6.07) is 27.3. The molecule has 31 heavy (non-hydrogen) atoms. The number of fused-ring (bicyclic) bond motifs is 1. The second-order valence-electron chi connectivity index (χ2n) is 6.90. The van der Waals surface area contributed by atoms with Crippen molar-refractivity contribution < 1.29 is 19.1 Å². The molecule has 0 spiro atoms. The Balaban J connectivity index is 1.33. The second kappa shape index (κ2) is 9.73. The lowest BCUT2D eigenvalue weighted by Crippen LogP contribution is -2.04. The van der Waals surface area contributed by atoms with Crippen LogP contribution >= 0.6 is 0 Å². The summed E-state index contributed by atoms with van der Waals surface area (Å²) >= 11 is 0. The van der Waals surface area contributed by atoms with E-state index in [0.29, 0.717) is 6.61 Å². The lowest BCUT2D eigenvalue weighted by Gasteiger charge is -2.11. The molecule has 2 N–H and O–H groups in total. The number of hydrogen-bond acceptors (Lipinski definition) is 6. The van der Waals surface area contributed by atoms with Crippen molar-refractivity contribution in [2.45, 2.75) is 6.61 Å². The number of methoxy groups -OCH3 is 2. The van der Waals surface area contributed by atoms with Crippen molar-refractivity contribution in [1.82, 2.24) is 0 Å². The van der Waals surface area contributed by atoms with E-state index in [1.165, 1.54) is 0 Å². The molecule has 0 saturated carbocycles. The SMILES string of the molecule is COc1ccc(NOCc2ccc3cc(ONc4ccc(OC)cc4)ccc3c2)cc1. The summed E-state index contributed by atoms with van der Waals surface area (Å²) < 4.78 is 10.3. The molecular formula is C25H24N2O4. The number of rotatable bonds is 9. The van der Waals surface area contributed by atoms with Gasteiger partial charge in [-0.25, -0.2) is 5.48 Å². The molecule has 0 aliphatic heterocycles. The van der Waals surface area contributed by atoms with E-state index in [1.807, 2.05) is 72.8 Å². The van der Waals surface area contributed by atoms with Crippen molar-refractivity contribution >= 4 is 22.1 Å². The van der Waals surface area contributed by atoms with E-state index in [9.17, 15) is 0 Å². The Bertz CT molecular complexity index is 1130. The third kappa shape index (κ3) is 5.38. The highest BCUT2D eigenvalue weighted by molar-refractivity contribution is 5.84. The maximum atomic E-state index is 5.70. The Morgan fingerprint density at radius 2 is 1.13 bits per heavy atom. The highest BCUT2D eigenvalue weighted by Gasteiger charge is 2.02. The maximum absolute atomic E-state index is 5.70. The Morgan fingerprint density at radius 1 is 0.581 bits per heavy atom. The van der Waals surface area contributed by atoms with Gasteiger partial charge in [-0.3, -0.25) is 10.3 Å². The van der Waals surface area contributed by atoms with Gasteiger partial charge >= 0.3 is 0 Å². The number of benzene rings is 4. The number of anilines is 2. The fourth-order valence-electron chi connectivity index (χ4n) is 3.07. The summed E-state index contributed by atoms with van der Waals surface area (Å²) in [7, 11) is 3.29. The van der Waals surface area contributed by atoms with Gasteiger partial charge in [0.2, 0.25) is 0 Å². The molecule has 6 nitrogen and oxygen atoms in total. The zero-order valence-electron chi connectivity index (χ0n) is 17.4. The molecule has 0 aliphatic carbocycles. The van der Waals surface area contributed by atoms with Crippen molar-refractivity contribution in [3.8, 4) is 17.2 Å². The van der Waals surface area contributed by atoms with Gasteiger partial charge in [-0.1, -0.05) is 18.2 Å². The number of hydrogen-bond donors (Lipinski definition) is 2. The number of ether oxygens (including phenoxy) is 2. The predicted molar refractivity (Wildman–Crippen MR) is 123 cm³/mol. The molecule has 0 fully saturated rings. The van der Waals surface area contributed by atoms with Crippen LogP contribution in [0.5, 0.6) is 17.2 Å². The molecule has 4 aromatic carbocycles. The lowest BCUT2D eigenvalue weighted by molar-refractivity contribution is 0.180. The fraction of sp³-hybridized carbons (Fsp3) is 0.120. The van der Waals surface area contributed by atoms with Crippen LogP contribution in [0.2, 0.25) is 0 Å². The first kappa shape index (κ1) is 20.4. The molecule has 0 unspecified atom stereocenters. The molecule has 0 amide bonds. The Hall–Kier alpha value is -3.90. The van der Waals surface area contributed by atoms with E-state index in [-0.39, 0.29) is 0 Å². The van der Waals surface area contributed by atoms with E-state index in [2.05, 4.69) is 23.1 Å². The van der Waals surface area contributed by atoms with Gasteiger partial charge in [-0.15, -0.1) is 0 Å². The summed E-state index contributed by atoms with van der Waals surface area (Å²) in [5.74, 6) is 2.34. The van der Waals surface area contributed by atoms with Crippen LogP contribution in [0.1, 0.15) is 5.56 Å². The van der Waals surface area contributed by atoms with E-state index >= 15 is 0 Å². The molecule has 0 saturated heterocycles. The maximum Gasteiger partial charge on any atom is 0.155 e. The molecule has 158 valence electrons. The van der Waals surface area contributed by atoms with Gasteiger partial charge in [0.1, 0.15) is 11.5 Å². The third-order valence-electron chi connectivity index (χ3n) is 4.77. The number of nitrogens with one attached hydrogen (secondary N) is 2. The van der Waals surface area contributed by atoms with Gasteiger partial charge in [0.25, 0.3) is 0 Å². The van der Waals surface area contributed by atoms with Crippen LogP contribution in [0.4, 0.5) is 11.4 Å². The molecule has 4 rings (SSSR count). The third-order valence-corrected chi connectivity index (χ3v) is 4.77. The van der Waals surface area contributed by atoms with Crippen molar-refractivity contribution in [3.63, 3.8) is 0 Å². The average Bonchev–Trinajstić information content (AvgIpc) is 2.83. The van der Waals surface area contributed by atoms with E-state index in [1.54, 1.807) is 14.2 Å². The molecule has 0 aromatic heterocycles. The van der Waals surface area contributed by atoms with Crippen molar-refractivity contribution in [2.75, 3.05) is 25.2 Å². The summed E-state index contributed by atoms with van der Waals surface area (Å²) in [5, 5.41) is 2.20. The highest BCUT2D eigenvalue weighted by Crippen LogP contribution is 2.24. The molecular weight excluding hydrogens is 392 g/mol. The molecule has 0 bridgehead atoms. The molecule has 0 aliphatic rings. The van der Waals surface area contributed by atoms with Gasteiger partial charge in [0.15, 0.2) is 5.75 Å². The summed E-state index contributed by atoms with van der Waals surface area (Å²) in [6.07, 6.45) is 0. The first-order valence-electron chi connectivity index (χ1n) is 9.85. The Kier molecular flexibility index (Phi) is 6.40. The monoisotopic (exact) mass is 416 g/mol. The molecule has 0 heterocycles. The Labute approximate surface area is 181 Å². The minimum absolute atomic E-state index is 0.444. The van der Waals surface area contributed by atoms with Crippen LogP contribution in [0.25, 0.3) is 10.8 Å². The second-order valence-corrected chi connectivity index (χ2v) is 6.90. The molecule has 6 heteroatoms. The molecule has 0 atom stereocenters. The average molecular weight is 416 g/mol. The van der Waals surface area contributed by atoms with Gasteiger partial charge in [0, 0.05) is 0 Å². The van der Waals surface area contributed by atoms with Crippen LogP contribution in [0.3, 0.4) is 0 Å².